The molecule has 0 aliphatic heterocycles. The summed E-state index contributed by atoms with van der Waals surface area (Å²) >= 11 is 8.82. The number of hydrogen-bond donors (Lipinski definition) is 4. The summed E-state index contributed by atoms with van der Waals surface area (Å²) in [6, 6.07) is 0.321. The first-order valence-corrected chi connectivity index (χ1v) is 5.52. The van der Waals surface area contributed by atoms with Gasteiger partial charge < -0.3 is 16.0 Å². The van der Waals surface area contributed by atoms with Crippen LogP contribution in [0.4, 0.5) is 0 Å². The van der Waals surface area contributed by atoms with Crippen LogP contribution in [0.15, 0.2) is 0 Å². The zero-order valence-electron chi connectivity index (χ0n) is 8.46. The number of nitrogens with one attached hydrogen (secondary N) is 3. The quantitative estimate of drug-likeness (QED) is 0.305. The molecule has 0 saturated carbocycles. The van der Waals surface area contributed by atoms with Crippen LogP contribution in [0.2, 0.25) is 0 Å². The average Bonchev–Trinajstić information content (AvgIpc) is 2.10. The molecule has 0 aliphatic rings. The molecule has 0 aromatic heterocycles. The summed E-state index contributed by atoms with van der Waals surface area (Å²) in [6.45, 7) is 5.20. The molecule has 0 heterocycles. The van der Waals surface area contributed by atoms with Gasteiger partial charge in [-0.1, -0.05) is 0 Å². The largest absolute Gasteiger partial charge is 0.361 e. The van der Waals surface area contributed by atoms with Gasteiger partial charge in [0.05, 0.1) is 5.75 Å². The Kier molecular flexibility index (Phi) is 7.60. The van der Waals surface area contributed by atoms with E-state index in [1.165, 1.54) is 0 Å². The van der Waals surface area contributed by atoms with Crippen LogP contribution in [0.3, 0.4) is 0 Å². The van der Waals surface area contributed by atoms with Crippen molar-refractivity contribution in [2.24, 2.45) is 0 Å². The maximum absolute atomic E-state index is 10.8. The molecule has 6 heteroatoms. The second-order valence-corrected chi connectivity index (χ2v) is 3.79. The minimum atomic E-state index is -0.0714. The van der Waals surface area contributed by atoms with Crippen LogP contribution in [0.25, 0.3) is 0 Å². The van der Waals surface area contributed by atoms with Crippen LogP contribution >= 0.6 is 24.8 Å². The van der Waals surface area contributed by atoms with Crippen LogP contribution in [0.5, 0.6) is 0 Å². The van der Waals surface area contributed by atoms with Crippen molar-refractivity contribution in [3.63, 3.8) is 0 Å². The van der Waals surface area contributed by atoms with Gasteiger partial charge >= 0.3 is 0 Å². The number of rotatable bonds is 5. The first kappa shape index (κ1) is 13.5. The fraction of sp³-hybridized carbons (Fsp3) is 0.750. The highest BCUT2D eigenvalue weighted by atomic mass is 32.1. The van der Waals surface area contributed by atoms with Crippen LogP contribution in [0, 0.1) is 0 Å². The molecule has 0 aromatic carbocycles. The van der Waals surface area contributed by atoms with Gasteiger partial charge in [0.25, 0.3) is 0 Å². The van der Waals surface area contributed by atoms with Crippen molar-refractivity contribution in [1.29, 1.82) is 0 Å². The second kappa shape index (κ2) is 7.87. The fourth-order valence-corrected chi connectivity index (χ4v) is 1.20. The summed E-state index contributed by atoms with van der Waals surface area (Å²) in [7, 11) is 0. The van der Waals surface area contributed by atoms with E-state index in [0.29, 0.717) is 24.2 Å². The van der Waals surface area contributed by atoms with E-state index in [4.69, 9.17) is 12.2 Å². The highest BCUT2D eigenvalue weighted by Crippen LogP contribution is 1.76. The van der Waals surface area contributed by atoms with Crippen molar-refractivity contribution in [3.05, 3.63) is 0 Å². The first-order valence-electron chi connectivity index (χ1n) is 4.48. The lowest BCUT2D eigenvalue weighted by Crippen LogP contribution is -2.42. The molecule has 0 bridgehead atoms. The van der Waals surface area contributed by atoms with E-state index in [-0.39, 0.29) is 11.7 Å². The topological polar surface area (TPSA) is 53.2 Å². The van der Waals surface area contributed by atoms with Gasteiger partial charge in [0.1, 0.15) is 0 Å². The highest BCUT2D eigenvalue weighted by Gasteiger charge is 1.98. The Morgan fingerprint density at radius 1 is 1.36 bits per heavy atom. The lowest BCUT2D eigenvalue weighted by atomic mass is 10.4. The molecule has 0 aromatic rings. The molecular formula is C8H17N3OS2. The Morgan fingerprint density at radius 2 is 1.93 bits per heavy atom. The molecule has 0 saturated heterocycles. The maximum Gasteiger partial charge on any atom is 0.229 e. The normalized spacial score (nSPS) is 9.71. The number of amides is 1. The zero-order chi connectivity index (χ0) is 11.0. The van der Waals surface area contributed by atoms with E-state index < -0.39 is 0 Å². The SMILES string of the molecule is CC(C)NC(=S)NCCNC(=O)CS. The van der Waals surface area contributed by atoms with E-state index in [1.54, 1.807) is 0 Å². The van der Waals surface area contributed by atoms with E-state index in [1.807, 2.05) is 13.8 Å². The van der Waals surface area contributed by atoms with Gasteiger partial charge in [-0.15, -0.1) is 0 Å². The molecule has 0 spiro atoms. The number of carbonyl (C=O) groups is 1. The summed E-state index contributed by atoms with van der Waals surface area (Å²) < 4.78 is 0. The molecule has 3 N–H and O–H groups in total. The van der Waals surface area contributed by atoms with Crippen LogP contribution < -0.4 is 16.0 Å². The van der Waals surface area contributed by atoms with Gasteiger partial charge in [-0.05, 0) is 26.1 Å². The van der Waals surface area contributed by atoms with E-state index in [2.05, 4.69) is 28.6 Å². The van der Waals surface area contributed by atoms with Crippen LogP contribution in [-0.2, 0) is 4.79 Å². The lowest BCUT2D eigenvalue weighted by molar-refractivity contribution is -0.118. The molecule has 0 rings (SSSR count). The van der Waals surface area contributed by atoms with Crippen molar-refractivity contribution in [1.82, 2.24) is 16.0 Å². The number of hydrogen-bond acceptors (Lipinski definition) is 3. The Labute approximate surface area is 95.6 Å². The summed E-state index contributed by atoms with van der Waals surface area (Å²) in [5.74, 6) is 0.146. The smallest absolute Gasteiger partial charge is 0.229 e. The van der Waals surface area contributed by atoms with Crippen LogP contribution in [0.1, 0.15) is 13.8 Å². The predicted octanol–water partition coefficient (Wildman–Crippen LogP) is -0.0951. The molecule has 4 nitrogen and oxygen atoms in total. The first-order chi connectivity index (χ1) is 6.56. The van der Waals surface area contributed by atoms with Crippen molar-refractivity contribution in [3.8, 4) is 0 Å². The standard InChI is InChI=1S/C8H17N3OS2/c1-6(2)11-8(14)10-4-3-9-7(12)5-13/h6,13H,3-5H2,1-2H3,(H,9,12)(H2,10,11,14). The Bertz CT molecular complexity index is 197. The minimum Gasteiger partial charge on any atom is -0.361 e. The second-order valence-electron chi connectivity index (χ2n) is 3.06. The number of thiocarbonyl (C=S) groups is 1. The van der Waals surface area contributed by atoms with Gasteiger partial charge in [-0.2, -0.15) is 12.6 Å². The molecule has 0 aliphatic carbocycles. The molecule has 0 fully saturated rings. The van der Waals surface area contributed by atoms with Crippen molar-refractivity contribution in [2.75, 3.05) is 18.8 Å². The summed E-state index contributed by atoms with van der Waals surface area (Å²) in [6.07, 6.45) is 0. The molecule has 0 atom stereocenters. The van der Waals surface area contributed by atoms with Gasteiger partial charge in [0, 0.05) is 19.1 Å². The number of carbonyl (C=O) groups excluding carboxylic acids is 1. The summed E-state index contributed by atoms with van der Waals surface area (Å²) in [5, 5.41) is 9.30. The average molecular weight is 235 g/mol. The lowest BCUT2D eigenvalue weighted by Gasteiger charge is -2.12. The van der Waals surface area contributed by atoms with Crippen LogP contribution in [-0.4, -0.2) is 35.9 Å². The van der Waals surface area contributed by atoms with E-state index >= 15 is 0 Å². The minimum absolute atomic E-state index is 0.0714. The van der Waals surface area contributed by atoms with Crippen molar-refractivity contribution >= 4 is 35.9 Å². The third-order valence-electron chi connectivity index (χ3n) is 1.30. The molecule has 0 radical (unpaired) electrons. The molecule has 14 heavy (non-hydrogen) atoms. The van der Waals surface area contributed by atoms with Crippen molar-refractivity contribution < 1.29 is 4.79 Å². The van der Waals surface area contributed by atoms with Gasteiger partial charge in [-0.3, -0.25) is 4.79 Å². The van der Waals surface area contributed by atoms with E-state index in [0.717, 1.165) is 0 Å². The monoisotopic (exact) mass is 235 g/mol. The molecule has 0 unspecified atom stereocenters. The molecule has 1 amide bonds. The van der Waals surface area contributed by atoms with Gasteiger partial charge in [0.15, 0.2) is 5.11 Å². The Hall–Kier alpha value is -0.490. The maximum atomic E-state index is 10.8. The van der Waals surface area contributed by atoms with Gasteiger partial charge in [0.2, 0.25) is 5.91 Å². The highest BCUT2D eigenvalue weighted by molar-refractivity contribution is 7.81. The zero-order valence-corrected chi connectivity index (χ0v) is 10.2. The van der Waals surface area contributed by atoms with Crippen molar-refractivity contribution in [2.45, 2.75) is 19.9 Å². The Balaban J connectivity index is 3.36. The third-order valence-corrected chi connectivity index (χ3v) is 1.85. The molecule has 82 valence electrons. The summed E-state index contributed by atoms with van der Waals surface area (Å²) in [5.41, 5.74) is 0. The third kappa shape index (κ3) is 8.12. The fourth-order valence-electron chi connectivity index (χ4n) is 0.747. The summed E-state index contributed by atoms with van der Waals surface area (Å²) in [4.78, 5) is 10.8. The number of thiol groups is 1. The predicted molar refractivity (Wildman–Crippen MR) is 65.7 cm³/mol. The van der Waals surface area contributed by atoms with E-state index in [9.17, 15) is 4.79 Å². The Morgan fingerprint density at radius 3 is 2.43 bits per heavy atom. The van der Waals surface area contributed by atoms with Gasteiger partial charge in [-0.25, -0.2) is 0 Å². The molecular weight excluding hydrogens is 218 g/mol.